The van der Waals surface area contributed by atoms with Crippen LogP contribution in [0, 0.1) is 0 Å². The van der Waals surface area contributed by atoms with Gasteiger partial charge < -0.3 is 15.0 Å². The quantitative estimate of drug-likeness (QED) is 0.673. The van der Waals surface area contributed by atoms with E-state index < -0.39 is 0 Å². The molecule has 2 aromatic rings. The molecular formula is C23H30ClN3O. The van der Waals surface area contributed by atoms with Gasteiger partial charge in [0.25, 0.3) is 0 Å². The van der Waals surface area contributed by atoms with E-state index in [1.165, 1.54) is 42.7 Å². The van der Waals surface area contributed by atoms with Crippen LogP contribution in [0.2, 0.25) is 5.02 Å². The summed E-state index contributed by atoms with van der Waals surface area (Å²) in [7, 11) is 1.75. The van der Waals surface area contributed by atoms with Crippen molar-refractivity contribution < 1.29 is 4.74 Å². The summed E-state index contributed by atoms with van der Waals surface area (Å²) in [6, 6.07) is 14.6. The number of hydrogen-bond acceptors (Lipinski definition) is 4. The van der Waals surface area contributed by atoms with Crippen molar-refractivity contribution in [1.29, 1.82) is 0 Å². The van der Waals surface area contributed by atoms with Crippen molar-refractivity contribution in [2.45, 2.75) is 25.2 Å². The maximum atomic E-state index is 6.09. The van der Waals surface area contributed by atoms with Gasteiger partial charge in [-0.2, -0.15) is 0 Å². The number of unbranched alkanes of at least 4 members (excludes halogenated alkanes) is 1. The summed E-state index contributed by atoms with van der Waals surface area (Å²) >= 11 is 6.09. The van der Waals surface area contributed by atoms with E-state index in [1.54, 1.807) is 7.11 Å². The third-order valence-corrected chi connectivity index (χ3v) is 6.30. The molecule has 0 aromatic heterocycles. The number of fused-ring (bicyclic) bond motifs is 1. The first kappa shape index (κ1) is 19.4. The predicted molar refractivity (Wildman–Crippen MR) is 118 cm³/mol. The minimum Gasteiger partial charge on any atom is -0.495 e. The lowest BCUT2D eigenvalue weighted by Gasteiger charge is -2.36. The summed E-state index contributed by atoms with van der Waals surface area (Å²) in [5.74, 6) is 1.61. The van der Waals surface area contributed by atoms with E-state index in [4.69, 9.17) is 16.3 Å². The summed E-state index contributed by atoms with van der Waals surface area (Å²) < 4.78 is 5.52. The molecule has 4 rings (SSSR count). The number of rotatable bonds is 7. The zero-order valence-corrected chi connectivity index (χ0v) is 17.4. The van der Waals surface area contributed by atoms with E-state index >= 15 is 0 Å². The van der Waals surface area contributed by atoms with Crippen molar-refractivity contribution in [3.8, 4) is 5.75 Å². The number of methoxy groups -OCH3 is 1. The molecule has 0 radical (unpaired) electrons. The van der Waals surface area contributed by atoms with E-state index in [0.717, 1.165) is 43.5 Å². The van der Waals surface area contributed by atoms with Gasteiger partial charge in [-0.15, -0.1) is 0 Å². The average molecular weight is 400 g/mol. The van der Waals surface area contributed by atoms with Crippen molar-refractivity contribution in [2.75, 3.05) is 56.6 Å². The third-order valence-electron chi connectivity index (χ3n) is 6.07. The van der Waals surface area contributed by atoms with Crippen LogP contribution in [0.1, 0.15) is 30.7 Å². The topological polar surface area (TPSA) is 27.7 Å². The molecule has 28 heavy (non-hydrogen) atoms. The fourth-order valence-electron chi connectivity index (χ4n) is 4.47. The van der Waals surface area contributed by atoms with Gasteiger partial charge in [0, 0.05) is 49.4 Å². The molecule has 1 saturated heterocycles. The lowest BCUT2D eigenvalue weighted by atomic mass is 9.95. The molecule has 1 N–H and O–H groups in total. The second-order valence-corrected chi connectivity index (χ2v) is 8.24. The minimum atomic E-state index is 0.634. The SMILES string of the molecule is COc1ccccc1N1CCN(CCCCC2CNc3cc(Cl)ccc32)CC1. The van der Waals surface area contributed by atoms with Gasteiger partial charge in [-0.1, -0.05) is 36.2 Å². The largest absolute Gasteiger partial charge is 0.495 e. The van der Waals surface area contributed by atoms with Crippen LogP contribution in [0.25, 0.3) is 0 Å². The fraction of sp³-hybridized carbons (Fsp3) is 0.478. The Balaban J connectivity index is 1.19. The standard InChI is InChI=1S/C23H30ClN3O/c1-28-23-8-3-2-7-22(23)27-14-12-26(13-15-27)11-5-4-6-18-17-25-21-16-19(24)9-10-20(18)21/h2-3,7-10,16,18,25H,4-6,11-15,17H2,1H3. The molecule has 1 unspecified atom stereocenters. The second-order valence-electron chi connectivity index (χ2n) is 7.81. The zero-order chi connectivity index (χ0) is 19.3. The predicted octanol–water partition coefficient (Wildman–Crippen LogP) is 4.85. The van der Waals surface area contributed by atoms with Crippen molar-refractivity contribution in [3.05, 3.63) is 53.1 Å². The number of nitrogens with zero attached hydrogens (tertiary/aromatic N) is 2. The van der Waals surface area contributed by atoms with Gasteiger partial charge in [0.05, 0.1) is 12.8 Å². The summed E-state index contributed by atoms with van der Waals surface area (Å²) in [4.78, 5) is 5.05. The molecule has 2 aliphatic rings. The highest BCUT2D eigenvalue weighted by Gasteiger charge is 2.22. The van der Waals surface area contributed by atoms with E-state index in [9.17, 15) is 0 Å². The molecule has 5 heteroatoms. The fourth-order valence-corrected chi connectivity index (χ4v) is 4.64. The number of piperazine rings is 1. The minimum absolute atomic E-state index is 0.634. The van der Waals surface area contributed by atoms with Gasteiger partial charge in [-0.05, 0) is 49.2 Å². The molecule has 0 bridgehead atoms. The van der Waals surface area contributed by atoms with Crippen LogP contribution in [0.4, 0.5) is 11.4 Å². The molecule has 0 spiro atoms. The number of anilines is 2. The number of hydrogen-bond donors (Lipinski definition) is 1. The van der Waals surface area contributed by atoms with Crippen LogP contribution in [-0.2, 0) is 0 Å². The van der Waals surface area contributed by atoms with Crippen LogP contribution in [0.5, 0.6) is 5.75 Å². The van der Waals surface area contributed by atoms with Crippen molar-refractivity contribution in [3.63, 3.8) is 0 Å². The summed E-state index contributed by atoms with van der Waals surface area (Å²) in [6.45, 7) is 6.65. The number of ether oxygens (including phenoxy) is 1. The Morgan fingerprint density at radius 1 is 1.07 bits per heavy atom. The lowest BCUT2D eigenvalue weighted by molar-refractivity contribution is 0.251. The Hall–Kier alpha value is -1.91. The molecule has 4 nitrogen and oxygen atoms in total. The van der Waals surface area contributed by atoms with E-state index in [0.29, 0.717) is 5.92 Å². The normalized spacial score (nSPS) is 19.4. The monoisotopic (exact) mass is 399 g/mol. The first-order valence-electron chi connectivity index (χ1n) is 10.4. The van der Waals surface area contributed by atoms with Crippen molar-refractivity contribution in [1.82, 2.24) is 4.90 Å². The number of nitrogens with one attached hydrogen (secondary N) is 1. The molecular weight excluding hydrogens is 370 g/mol. The Labute approximate surface area is 173 Å². The first-order valence-corrected chi connectivity index (χ1v) is 10.8. The smallest absolute Gasteiger partial charge is 0.142 e. The highest BCUT2D eigenvalue weighted by Crippen LogP contribution is 2.36. The highest BCUT2D eigenvalue weighted by molar-refractivity contribution is 6.30. The summed E-state index contributed by atoms with van der Waals surface area (Å²) in [5.41, 5.74) is 3.89. The van der Waals surface area contributed by atoms with E-state index in [2.05, 4.69) is 39.4 Å². The highest BCUT2D eigenvalue weighted by atomic mass is 35.5. The molecule has 2 aliphatic heterocycles. The van der Waals surface area contributed by atoms with Crippen LogP contribution in [-0.4, -0.2) is 51.3 Å². The Kier molecular flexibility index (Phi) is 6.28. The lowest BCUT2D eigenvalue weighted by Crippen LogP contribution is -2.46. The number of para-hydroxylation sites is 2. The van der Waals surface area contributed by atoms with Gasteiger partial charge in [0.2, 0.25) is 0 Å². The van der Waals surface area contributed by atoms with Gasteiger partial charge in [0.1, 0.15) is 5.75 Å². The van der Waals surface area contributed by atoms with Gasteiger partial charge in [0.15, 0.2) is 0 Å². The van der Waals surface area contributed by atoms with Gasteiger partial charge >= 0.3 is 0 Å². The second kappa shape index (κ2) is 9.06. The van der Waals surface area contributed by atoms with Crippen LogP contribution in [0.15, 0.2) is 42.5 Å². The maximum absolute atomic E-state index is 6.09. The Bertz CT molecular complexity index is 789. The van der Waals surface area contributed by atoms with E-state index in [1.807, 2.05) is 18.2 Å². The zero-order valence-electron chi connectivity index (χ0n) is 16.7. The van der Waals surface area contributed by atoms with E-state index in [-0.39, 0.29) is 0 Å². The van der Waals surface area contributed by atoms with Crippen LogP contribution in [0.3, 0.4) is 0 Å². The molecule has 150 valence electrons. The number of benzene rings is 2. The summed E-state index contributed by atoms with van der Waals surface area (Å²) in [6.07, 6.45) is 3.80. The average Bonchev–Trinajstić information content (AvgIpc) is 3.13. The van der Waals surface area contributed by atoms with Gasteiger partial charge in [-0.25, -0.2) is 0 Å². The third kappa shape index (κ3) is 4.39. The number of halogens is 1. The molecule has 0 saturated carbocycles. The molecule has 0 aliphatic carbocycles. The molecule has 2 aromatic carbocycles. The van der Waals surface area contributed by atoms with Crippen molar-refractivity contribution >= 4 is 23.0 Å². The molecule has 0 amide bonds. The maximum Gasteiger partial charge on any atom is 0.142 e. The first-order chi connectivity index (χ1) is 13.7. The molecule has 1 atom stereocenters. The Morgan fingerprint density at radius 3 is 2.71 bits per heavy atom. The summed E-state index contributed by atoms with van der Waals surface area (Å²) in [5, 5.41) is 4.32. The van der Waals surface area contributed by atoms with Crippen LogP contribution >= 0.6 is 11.6 Å². The Morgan fingerprint density at radius 2 is 1.89 bits per heavy atom. The molecule has 1 fully saturated rings. The van der Waals surface area contributed by atoms with Crippen molar-refractivity contribution in [2.24, 2.45) is 0 Å². The van der Waals surface area contributed by atoms with Crippen LogP contribution < -0.4 is 15.0 Å². The van der Waals surface area contributed by atoms with Gasteiger partial charge in [-0.3, -0.25) is 4.90 Å². The molecule has 2 heterocycles.